The topological polar surface area (TPSA) is 75.4 Å². The zero-order valence-electron chi connectivity index (χ0n) is 11.3. The predicted molar refractivity (Wildman–Crippen MR) is 73.2 cm³/mol. The Morgan fingerprint density at radius 1 is 1.53 bits per heavy atom. The largest absolute Gasteiger partial charge is 0.480 e. The van der Waals surface area contributed by atoms with E-state index in [9.17, 15) is 9.90 Å². The summed E-state index contributed by atoms with van der Waals surface area (Å²) < 4.78 is 5.51. The SMILES string of the molecule is CC[C@H](C)[C@H](Nc1nc2cc(C)ccc2o1)C(=O)O. The monoisotopic (exact) mass is 262 g/mol. The summed E-state index contributed by atoms with van der Waals surface area (Å²) in [5, 5.41) is 12.1. The van der Waals surface area contributed by atoms with E-state index in [-0.39, 0.29) is 11.9 Å². The molecule has 0 radical (unpaired) electrons. The Balaban J connectivity index is 2.26. The number of carboxylic acids is 1. The molecule has 0 aliphatic heterocycles. The molecule has 2 atom stereocenters. The van der Waals surface area contributed by atoms with E-state index in [4.69, 9.17) is 4.42 Å². The first-order chi connectivity index (χ1) is 9.01. The van der Waals surface area contributed by atoms with Gasteiger partial charge in [-0.2, -0.15) is 4.98 Å². The summed E-state index contributed by atoms with van der Waals surface area (Å²) in [6, 6.07) is 5.23. The Kier molecular flexibility index (Phi) is 3.74. The van der Waals surface area contributed by atoms with Crippen molar-refractivity contribution in [2.75, 3.05) is 5.32 Å². The van der Waals surface area contributed by atoms with Crippen molar-refractivity contribution in [3.8, 4) is 0 Å². The minimum Gasteiger partial charge on any atom is -0.480 e. The molecule has 0 aliphatic rings. The van der Waals surface area contributed by atoms with Crippen LogP contribution in [-0.4, -0.2) is 22.1 Å². The van der Waals surface area contributed by atoms with Crippen LogP contribution in [0.25, 0.3) is 11.1 Å². The lowest BCUT2D eigenvalue weighted by Gasteiger charge is -2.18. The number of aromatic nitrogens is 1. The molecule has 2 aromatic rings. The van der Waals surface area contributed by atoms with E-state index in [0.29, 0.717) is 5.58 Å². The zero-order chi connectivity index (χ0) is 14.0. The van der Waals surface area contributed by atoms with Gasteiger partial charge in [-0.1, -0.05) is 26.3 Å². The lowest BCUT2D eigenvalue weighted by Crippen LogP contribution is -2.35. The van der Waals surface area contributed by atoms with Gasteiger partial charge in [-0.25, -0.2) is 4.79 Å². The third-order valence-electron chi connectivity index (χ3n) is 3.30. The highest BCUT2D eigenvalue weighted by molar-refractivity contribution is 5.79. The second-order valence-electron chi connectivity index (χ2n) is 4.84. The maximum atomic E-state index is 11.2. The summed E-state index contributed by atoms with van der Waals surface area (Å²) in [6.45, 7) is 5.82. The summed E-state index contributed by atoms with van der Waals surface area (Å²) in [5.41, 5.74) is 2.47. The van der Waals surface area contributed by atoms with Crippen LogP contribution in [0.3, 0.4) is 0 Å². The molecule has 0 fully saturated rings. The second kappa shape index (κ2) is 5.30. The van der Waals surface area contributed by atoms with Gasteiger partial charge >= 0.3 is 5.97 Å². The Morgan fingerprint density at radius 2 is 2.26 bits per heavy atom. The van der Waals surface area contributed by atoms with Crippen molar-refractivity contribution in [1.29, 1.82) is 0 Å². The summed E-state index contributed by atoms with van der Waals surface area (Å²) in [5.74, 6) is -0.901. The molecule has 19 heavy (non-hydrogen) atoms. The minimum absolute atomic E-state index is 0.00533. The number of carboxylic acid groups (broad SMARTS) is 1. The molecule has 1 aromatic carbocycles. The van der Waals surface area contributed by atoms with Crippen LogP contribution in [0.4, 0.5) is 6.01 Å². The van der Waals surface area contributed by atoms with E-state index in [1.807, 2.05) is 39.0 Å². The predicted octanol–water partition coefficient (Wildman–Crippen LogP) is 3.05. The van der Waals surface area contributed by atoms with Crippen LogP contribution >= 0.6 is 0 Å². The first kappa shape index (κ1) is 13.4. The van der Waals surface area contributed by atoms with E-state index in [0.717, 1.165) is 17.5 Å². The molecule has 0 unspecified atom stereocenters. The molecular weight excluding hydrogens is 244 g/mol. The van der Waals surface area contributed by atoms with Gasteiger partial charge in [0, 0.05) is 0 Å². The van der Waals surface area contributed by atoms with E-state index >= 15 is 0 Å². The number of rotatable bonds is 5. The number of hydrogen-bond donors (Lipinski definition) is 2. The molecule has 5 nitrogen and oxygen atoms in total. The summed E-state index contributed by atoms with van der Waals surface area (Å²) in [6.07, 6.45) is 0.767. The molecule has 2 rings (SSSR count). The summed E-state index contributed by atoms with van der Waals surface area (Å²) in [7, 11) is 0. The average Bonchev–Trinajstić information content (AvgIpc) is 2.76. The molecule has 2 N–H and O–H groups in total. The highest BCUT2D eigenvalue weighted by atomic mass is 16.4. The fourth-order valence-electron chi connectivity index (χ4n) is 1.92. The van der Waals surface area contributed by atoms with Gasteiger partial charge in [0.1, 0.15) is 11.6 Å². The van der Waals surface area contributed by atoms with Crippen LogP contribution in [-0.2, 0) is 4.79 Å². The fourth-order valence-corrected chi connectivity index (χ4v) is 1.92. The van der Waals surface area contributed by atoms with Gasteiger partial charge < -0.3 is 14.8 Å². The molecule has 102 valence electrons. The summed E-state index contributed by atoms with van der Waals surface area (Å²) in [4.78, 5) is 15.5. The Bertz CT molecular complexity index is 591. The minimum atomic E-state index is -0.896. The van der Waals surface area contributed by atoms with E-state index in [1.54, 1.807) is 0 Å². The van der Waals surface area contributed by atoms with Gasteiger partial charge in [0.15, 0.2) is 5.58 Å². The highest BCUT2D eigenvalue weighted by Crippen LogP contribution is 2.22. The molecule has 0 saturated heterocycles. The van der Waals surface area contributed by atoms with Crippen molar-refractivity contribution >= 4 is 23.1 Å². The summed E-state index contributed by atoms with van der Waals surface area (Å²) >= 11 is 0. The quantitative estimate of drug-likeness (QED) is 0.866. The number of anilines is 1. The maximum Gasteiger partial charge on any atom is 0.326 e. The van der Waals surface area contributed by atoms with Crippen LogP contribution in [0, 0.1) is 12.8 Å². The molecule has 0 aliphatic carbocycles. The number of aliphatic carboxylic acids is 1. The molecule has 5 heteroatoms. The number of aryl methyl sites for hydroxylation is 1. The lowest BCUT2D eigenvalue weighted by molar-refractivity contribution is -0.139. The van der Waals surface area contributed by atoms with Crippen LogP contribution in [0.15, 0.2) is 22.6 Å². The molecule has 0 saturated carbocycles. The number of fused-ring (bicyclic) bond motifs is 1. The molecule has 0 spiro atoms. The van der Waals surface area contributed by atoms with Gasteiger partial charge in [0.05, 0.1) is 0 Å². The Morgan fingerprint density at radius 3 is 2.89 bits per heavy atom. The van der Waals surface area contributed by atoms with Gasteiger partial charge in [-0.3, -0.25) is 0 Å². The molecular formula is C14H18N2O3. The molecule has 1 heterocycles. The molecule has 0 amide bonds. The standard InChI is InChI=1S/C14H18N2O3/c1-4-9(3)12(13(17)18)16-14-15-10-7-8(2)5-6-11(10)19-14/h5-7,9,12H,4H2,1-3H3,(H,15,16)(H,17,18)/t9-,12-/m0/s1. The lowest BCUT2D eigenvalue weighted by atomic mass is 10.00. The smallest absolute Gasteiger partial charge is 0.326 e. The van der Waals surface area contributed by atoms with E-state index in [2.05, 4.69) is 10.3 Å². The van der Waals surface area contributed by atoms with Crippen molar-refractivity contribution in [2.24, 2.45) is 5.92 Å². The van der Waals surface area contributed by atoms with E-state index in [1.165, 1.54) is 0 Å². The second-order valence-corrected chi connectivity index (χ2v) is 4.84. The zero-order valence-corrected chi connectivity index (χ0v) is 11.3. The molecule has 0 bridgehead atoms. The maximum absolute atomic E-state index is 11.2. The van der Waals surface area contributed by atoms with Crippen molar-refractivity contribution in [3.05, 3.63) is 23.8 Å². The molecule has 1 aromatic heterocycles. The van der Waals surface area contributed by atoms with Crippen LogP contribution in [0.1, 0.15) is 25.8 Å². The van der Waals surface area contributed by atoms with Crippen molar-refractivity contribution < 1.29 is 14.3 Å². The van der Waals surface area contributed by atoms with Crippen LogP contribution < -0.4 is 5.32 Å². The number of benzene rings is 1. The average molecular weight is 262 g/mol. The van der Waals surface area contributed by atoms with Crippen molar-refractivity contribution in [3.63, 3.8) is 0 Å². The van der Waals surface area contributed by atoms with Crippen LogP contribution in [0.2, 0.25) is 0 Å². The van der Waals surface area contributed by atoms with Gasteiger partial charge in [-0.05, 0) is 30.5 Å². The number of oxazole rings is 1. The fraction of sp³-hybridized carbons (Fsp3) is 0.429. The van der Waals surface area contributed by atoms with Crippen LogP contribution in [0.5, 0.6) is 0 Å². The van der Waals surface area contributed by atoms with Gasteiger partial charge in [0.25, 0.3) is 6.01 Å². The number of nitrogens with zero attached hydrogens (tertiary/aromatic N) is 1. The van der Waals surface area contributed by atoms with Gasteiger partial charge in [0.2, 0.25) is 0 Å². The third kappa shape index (κ3) is 2.86. The van der Waals surface area contributed by atoms with Gasteiger partial charge in [-0.15, -0.1) is 0 Å². The number of carbonyl (C=O) groups is 1. The first-order valence-electron chi connectivity index (χ1n) is 6.37. The highest BCUT2D eigenvalue weighted by Gasteiger charge is 2.25. The number of hydrogen-bond acceptors (Lipinski definition) is 4. The normalized spacial score (nSPS) is 14.3. The number of nitrogens with one attached hydrogen (secondary N) is 1. The van der Waals surface area contributed by atoms with E-state index < -0.39 is 12.0 Å². The Hall–Kier alpha value is -2.04. The Labute approximate surface area is 111 Å². The van der Waals surface area contributed by atoms with Crippen molar-refractivity contribution in [1.82, 2.24) is 4.98 Å². The third-order valence-corrected chi connectivity index (χ3v) is 3.30. The first-order valence-corrected chi connectivity index (χ1v) is 6.37. The van der Waals surface area contributed by atoms with Crippen molar-refractivity contribution in [2.45, 2.75) is 33.2 Å².